The number of phenolic OH excluding ortho intramolecular Hbond substituents is 1. The molecule has 4 saturated heterocycles. The lowest BCUT2D eigenvalue weighted by atomic mass is 9.94. The molecule has 3 unspecified atom stereocenters. The number of aromatic hydroxyl groups is 1. The van der Waals surface area contributed by atoms with Gasteiger partial charge in [-0.15, -0.1) is 6.42 Å². The summed E-state index contributed by atoms with van der Waals surface area (Å²) >= 11 is 0. The van der Waals surface area contributed by atoms with E-state index in [1.807, 2.05) is 0 Å². The molecule has 0 radical (unpaired) electrons. The summed E-state index contributed by atoms with van der Waals surface area (Å²) in [6.45, 7) is 7.91. The fourth-order valence-electron chi connectivity index (χ4n) is 7.87. The summed E-state index contributed by atoms with van der Waals surface area (Å²) in [7, 11) is 0. The summed E-state index contributed by atoms with van der Waals surface area (Å²) in [6, 6.07) is 6.67. The van der Waals surface area contributed by atoms with Gasteiger partial charge < -0.3 is 20.1 Å². The molecular weight excluding hydrogens is 562 g/mol. The molecule has 4 aliphatic rings. The molecule has 3 atom stereocenters. The molecule has 0 aliphatic carbocycles. The van der Waals surface area contributed by atoms with Crippen molar-refractivity contribution in [3.05, 3.63) is 59.8 Å². The quantitative estimate of drug-likeness (QED) is 0.249. The van der Waals surface area contributed by atoms with Gasteiger partial charge in [0, 0.05) is 59.8 Å². The third-order valence-corrected chi connectivity index (χ3v) is 9.85. The van der Waals surface area contributed by atoms with Crippen LogP contribution in [0.25, 0.3) is 32.9 Å². The average Bonchev–Trinajstić information content (AvgIpc) is 3.67. The van der Waals surface area contributed by atoms with Crippen molar-refractivity contribution in [2.24, 2.45) is 0 Å². The topological polar surface area (TPSA) is 86.6 Å². The lowest BCUT2D eigenvalue weighted by Gasteiger charge is -2.34. The SMILES string of the molecule is C#Cc1cccc2c(F)c(O)cc(-c3ncc4c(N5CC6CCC(C5)N6)nc(OCC56CCCN5CC(=C)C6)nc4c3F)c12. The molecule has 2 bridgehead atoms. The molecule has 0 spiro atoms. The lowest BCUT2D eigenvalue weighted by molar-refractivity contribution is 0.108. The smallest absolute Gasteiger partial charge is 0.319 e. The molecule has 0 saturated carbocycles. The maximum absolute atomic E-state index is 16.8. The van der Waals surface area contributed by atoms with Crippen molar-refractivity contribution >= 4 is 27.5 Å². The Kier molecular flexibility index (Phi) is 6.26. The van der Waals surface area contributed by atoms with E-state index in [-0.39, 0.29) is 33.7 Å². The van der Waals surface area contributed by atoms with E-state index in [0.717, 1.165) is 58.3 Å². The van der Waals surface area contributed by atoms with Gasteiger partial charge in [-0.05, 0) is 50.8 Å². The number of terminal acetylenes is 1. The minimum atomic E-state index is -0.828. The highest BCUT2D eigenvalue weighted by Crippen LogP contribution is 2.42. The van der Waals surface area contributed by atoms with Crippen LogP contribution in [-0.2, 0) is 0 Å². The van der Waals surface area contributed by atoms with Crippen LogP contribution in [0, 0.1) is 24.0 Å². The molecular formula is C34H32F2N6O2. The van der Waals surface area contributed by atoms with E-state index >= 15 is 4.39 Å². The van der Waals surface area contributed by atoms with Crippen molar-refractivity contribution < 1.29 is 18.6 Å². The summed E-state index contributed by atoms with van der Waals surface area (Å²) in [5.41, 5.74) is 1.53. The van der Waals surface area contributed by atoms with Gasteiger partial charge in [0.1, 0.15) is 23.6 Å². The highest BCUT2D eigenvalue weighted by atomic mass is 19.1. The molecule has 10 heteroatoms. The second kappa shape index (κ2) is 10.1. The predicted octanol–water partition coefficient (Wildman–Crippen LogP) is 4.92. The molecule has 8 nitrogen and oxygen atoms in total. The van der Waals surface area contributed by atoms with Crippen molar-refractivity contribution in [2.75, 3.05) is 37.7 Å². The zero-order chi connectivity index (χ0) is 30.2. The first-order chi connectivity index (χ1) is 21.3. The second-order valence-corrected chi connectivity index (χ2v) is 12.7. The number of rotatable bonds is 5. The number of piperazine rings is 1. The molecule has 44 heavy (non-hydrogen) atoms. The first kappa shape index (κ1) is 27.2. The number of fused-ring (bicyclic) bond motifs is 5. The van der Waals surface area contributed by atoms with E-state index in [0.29, 0.717) is 40.8 Å². The van der Waals surface area contributed by atoms with Gasteiger partial charge in [-0.3, -0.25) is 9.88 Å². The number of hydrogen-bond donors (Lipinski definition) is 2. The Hall–Kier alpha value is -4.33. The summed E-state index contributed by atoms with van der Waals surface area (Å²) in [5, 5.41) is 14.9. The molecule has 4 aliphatic heterocycles. The van der Waals surface area contributed by atoms with Gasteiger partial charge in [0.05, 0.1) is 10.9 Å². The van der Waals surface area contributed by atoms with Crippen LogP contribution in [0.4, 0.5) is 14.6 Å². The molecule has 2 aromatic heterocycles. The molecule has 4 aromatic rings. The number of ether oxygens (including phenoxy) is 1. The third kappa shape index (κ3) is 4.21. The summed E-state index contributed by atoms with van der Waals surface area (Å²) in [5.74, 6) is 0.966. The minimum Gasteiger partial charge on any atom is -0.505 e. The van der Waals surface area contributed by atoms with Crippen LogP contribution >= 0.6 is 0 Å². The number of aromatic nitrogens is 3. The maximum atomic E-state index is 16.8. The number of nitrogens with one attached hydrogen (secondary N) is 1. The van der Waals surface area contributed by atoms with Crippen molar-refractivity contribution in [3.63, 3.8) is 0 Å². The first-order valence-electron chi connectivity index (χ1n) is 15.2. The largest absolute Gasteiger partial charge is 0.505 e. The summed E-state index contributed by atoms with van der Waals surface area (Å²) in [6.07, 6.45) is 12.4. The molecule has 8 rings (SSSR count). The van der Waals surface area contributed by atoms with E-state index in [4.69, 9.17) is 16.1 Å². The van der Waals surface area contributed by atoms with Crippen molar-refractivity contribution in [1.82, 2.24) is 25.2 Å². The lowest BCUT2D eigenvalue weighted by Crippen LogP contribution is -2.51. The average molecular weight is 595 g/mol. The van der Waals surface area contributed by atoms with E-state index in [1.54, 1.807) is 18.3 Å². The number of pyridine rings is 1. The molecule has 2 aromatic carbocycles. The van der Waals surface area contributed by atoms with Crippen LogP contribution in [0.2, 0.25) is 0 Å². The Balaban J connectivity index is 1.28. The van der Waals surface area contributed by atoms with Crippen LogP contribution in [0.5, 0.6) is 11.8 Å². The van der Waals surface area contributed by atoms with Gasteiger partial charge in [0.25, 0.3) is 0 Å². The number of hydrogen-bond acceptors (Lipinski definition) is 8. The number of anilines is 1. The summed E-state index contributed by atoms with van der Waals surface area (Å²) in [4.78, 5) is 18.6. The number of nitrogens with zero attached hydrogens (tertiary/aromatic N) is 5. The molecule has 2 N–H and O–H groups in total. The molecule has 0 amide bonds. The van der Waals surface area contributed by atoms with Crippen LogP contribution < -0.4 is 15.0 Å². The molecule has 6 heterocycles. The van der Waals surface area contributed by atoms with Crippen molar-refractivity contribution in [3.8, 4) is 35.4 Å². The van der Waals surface area contributed by atoms with E-state index in [1.165, 1.54) is 17.7 Å². The third-order valence-electron chi connectivity index (χ3n) is 9.85. The number of halogens is 2. The van der Waals surface area contributed by atoms with Gasteiger partial charge in [-0.25, -0.2) is 8.78 Å². The van der Waals surface area contributed by atoms with Crippen LogP contribution in [-0.4, -0.2) is 75.4 Å². The first-order valence-corrected chi connectivity index (χ1v) is 15.2. The Morgan fingerprint density at radius 2 is 1.98 bits per heavy atom. The standard InChI is InChI=1S/C34H32F2N6O2/c1-3-20-6-4-7-23-27(20)24(12-26(43)28(23)35)30-29(36)31-25(14-37-30)32(41-16-21-8-9-22(17-41)38-21)40-33(39-31)44-18-34-10-5-11-42(34)15-19(2)13-34/h1,4,6-7,12,14,21-22,38,43H,2,5,8-11,13,15-18H2. The fraction of sp³-hybridized carbons (Fsp3) is 0.382. The van der Waals surface area contributed by atoms with Crippen molar-refractivity contribution in [2.45, 2.75) is 49.7 Å². The van der Waals surface area contributed by atoms with Gasteiger partial charge >= 0.3 is 6.01 Å². The Labute approximate surface area is 253 Å². The normalized spacial score (nSPS) is 24.8. The Bertz CT molecular complexity index is 1900. The van der Waals surface area contributed by atoms with Gasteiger partial charge in [-0.1, -0.05) is 30.2 Å². The van der Waals surface area contributed by atoms with Gasteiger partial charge in [-0.2, -0.15) is 9.97 Å². The Morgan fingerprint density at radius 3 is 2.77 bits per heavy atom. The van der Waals surface area contributed by atoms with Crippen LogP contribution in [0.3, 0.4) is 0 Å². The zero-order valence-electron chi connectivity index (χ0n) is 24.2. The Morgan fingerprint density at radius 1 is 1.16 bits per heavy atom. The van der Waals surface area contributed by atoms with Gasteiger partial charge in [0.2, 0.25) is 0 Å². The van der Waals surface area contributed by atoms with E-state index in [9.17, 15) is 9.50 Å². The van der Waals surface area contributed by atoms with Crippen LogP contribution in [0.1, 0.15) is 37.7 Å². The monoisotopic (exact) mass is 594 g/mol. The van der Waals surface area contributed by atoms with Gasteiger partial charge in [0.15, 0.2) is 17.4 Å². The minimum absolute atomic E-state index is 0.0487. The highest BCUT2D eigenvalue weighted by Gasteiger charge is 2.46. The van der Waals surface area contributed by atoms with E-state index < -0.39 is 17.4 Å². The molecule has 4 fully saturated rings. The highest BCUT2D eigenvalue weighted by molar-refractivity contribution is 6.03. The van der Waals surface area contributed by atoms with Crippen LogP contribution in [0.15, 0.2) is 42.6 Å². The number of benzene rings is 2. The molecule has 224 valence electrons. The fourth-order valence-corrected chi connectivity index (χ4v) is 7.87. The zero-order valence-corrected chi connectivity index (χ0v) is 24.2. The second-order valence-electron chi connectivity index (χ2n) is 12.7. The van der Waals surface area contributed by atoms with Crippen molar-refractivity contribution in [1.29, 1.82) is 0 Å². The van der Waals surface area contributed by atoms with E-state index in [2.05, 4.69) is 37.6 Å². The maximum Gasteiger partial charge on any atom is 0.319 e. The predicted molar refractivity (Wildman–Crippen MR) is 165 cm³/mol. The summed E-state index contributed by atoms with van der Waals surface area (Å²) < 4.78 is 38.1. The number of phenols is 1.